The molecule has 3 aliphatic rings. The third-order valence-electron chi connectivity index (χ3n) is 7.13. The van der Waals surface area contributed by atoms with E-state index in [4.69, 9.17) is 14.7 Å². The van der Waals surface area contributed by atoms with Crippen molar-refractivity contribution in [3.8, 4) is 11.1 Å². The summed E-state index contributed by atoms with van der Waals surface area (Å²) in [5, 5.41) is 3.50. The number of aromatic nitrogens is 2. The molecule has 0 aliphatic carbocycles. The number of ether oxygens (including phenoxy) is 1. The van der Waals surface area contributed by atoms with E-state index in [-0.39, 0.29) is 0 Å². The van der Waals surface area contributed by atoms with Gasteiger partial charge in [-0.3, -0.25) is 9.80 Å². The third kappa shape index (κ3) is 4.03. The van der Waals surface area contributed by atoms with Crippen LogP contribution in [0.1, 0.15) is 25.1 Å². The molecule has 5 heterocycles. The molecule has 32 heavy (non-hydrogen) atoms. The number of morpholine rings is 1. The fourth-order valence-electron chi connectivity index (χ4n) is 5.39. The molecule has 3 aliphatic heterocycles. The van der Waals surface area contributed by atoms with Crippen LogP contribution in [0.2, 0.25) is 0 Å². The van der Waals surface area contributed by atoms with Crippen LogP contribution in [0.25, 0.3) is 21.3 Å². The van der Waals surface area contributed by atoms with Gasteiger partial charge in [0.15, 0.2) is 0 Å². The lowest BCUT2D eigenvalue weighted by molar-refractivity contribution is 0.0331. The number of anilines is 1. The fourth-order valence-corrected chi connectivity index (χ4v) is 6.35. The molecule has 2 aromatic heterocycles. The quantitative estimate of drug-likeness (QED) is 0.589. The highest BCUT2D eigenvalue weighted by molar-refractivity contribution is 7.17. The smallest absolute Gasteiger partial charge is 0.146 e. The van der Waals surface area contributed by atoms with Crippen molar-refractivity contribution in [2.24, 2.45) is 0 Å². The van der Waals surface area contributed by atoms with Crippen LogP contribution in [-0.4, -0.2) is 78.3 Å². The molecule has 3 aromatic rings. The van der Waals surface area contributed by atoms with Gasteiger partial charge in [-0.15, -0.1) is 11.3 Å². The topological polar surface area (TPSA) is 44.7 Å². The molecule has 6 rings (SSSR count). The highest BCUT2D eigenvalue weighted by Crippen LogP contribution is 2.39. The fraction of sp³-hybridized carbons (Fsp3) is 0.520. The first-order valence-corrected chi connectivity index (χ1v) is 12.9. The van der Waals surface area contributed by atoms with Crippen LogP contribution in [0.3, 0.4) is 0 Å². The van der Waals surface area contributed by atoms with Crippen molar-refractivity contribution in [3.05, 3.63) is 41.5 Å². The van der Waals surface area contributed by atoms with E-state index in [0.29, 0.717) is 6.04 Å². The molecule has 0 saturated carbocycles. The zero-order valence-electron chi connectivity index (χ0n) is 18.6. The lowest BCUT2D eigenvalue weighted by Gasteiger charge is -2.27. The van der Waals surface area contributed by atoms with E-state index >= 15 is 0 Å². The molecule has 0 bridgehead atoms. The Morgan fingerprint density at radius 2 is 1.78 bits per heavy atom. The highest BCUT2D eigenvalue weighted by Gasteiger charge is 2.32. The summed E-state index contributed by atoms with van der Waals surface area (Å²) in [6.07, 6.45) is 3.93. The van der Waals surface area contributed by atoms with Gasteiger partial charge in [-0.05, 0) is 37.9 Å². The van der Waals surface area contributed by atoms with Gasteiger partial charge >= 0.3 is 0 Å². The van der Waals surface area contributed by atoms with Gasteiger partial charge in [-0.1, -0.05) is 30.3 Å². The van der Waals surface area contributed by atoms with Gasteiger partial charge in [0.1, 0.15) is 16.5 Å². The van der Waals surface area contributed by atoms with Crippen molar-refractivity contribution in [1.29, 1.82) is 0 Å². The normalized spacial score (nSPS) is 22.9. The second-order valence-electron chi connectivity index (χ2n) is 9.18. The van der Waals surface area contributed by atoms with E-state index in [1.165, 1.54) is 48.9 Å². The van der Waals surface area contributed by atoms with Crippen molar-refractivity contribution in [2.45, 2.75) is 31.8 Å². The van der Waals surface area contributed by atoms with Crippen LogP contribution in [0.4, 0.5) is 5.82 Å². The van der Waals surface area contributed by atoms with Crippen LogP contribution in [0.15, 0.2) is 35.7 Å². The summed E-state index contributed by atoms with van der Waals surface area (Å²) < 4.78 is 5.53. The Kier molecular flexibility index (Phi) is 5.81. The van der Waals surface area contributed by atoms with Crippen molar-refractivity contribution in [1.82, 2.24) is 19.8 Å². The number of hydrogen-bond acceptors (Lipinski definition) is 7. The molecular weight excluding hydrogens is 418 g/mol. The second kappa shape index (κ2) is 9.06. The van der Waals surface area contributed by atoms with Crippen molar-refractivity contribution >= 4 is 27.4 Å². The van der Waals surface area contributed by atoms with Gasteiger partial charge < -0.3 is 9.64 Å². The van der Waals surface area contributed by atoms with E-state index in [1.807, 2.05) is 0 Å². The summed E-state index contributed by atoms with van der Waals surface area (Å²) >= 11 is 1.75. The number of thiophene rings is 1. The number of rotatable bonds is 5. The van der Waals surface area contributed by atoms with Gasteiger partial charge in [0.05, 0.1) is 25.1 Å². The Bertz CT molecular complexity index is 1060. The minimum absolute atomic E-state index is 0.656. The van der Waals surface area contributed by atoms with E-state index in [2.05, 4.69) is 50.4 Å². The SMILES string of the molecule is c1ccc(-c2csc3nc(CN4CCOCC4)nc(N4CCC(N5CCCC5)C4)c23)cc1. The second-order valence-corrected chi connectivity index (χ2v) is 10.0. The summed E-state index contributed by atoms with van der Waals surface area (Å²) in [6, 6.07) is 11.4. The standard InChI is InChI=1S/C25H31N5OS/c1-2-6-19(7-3-1)21-18-32-25-23(21)24(26-22(27-25)17-28-12-14-31-15-13-28)30-11-8-20(16-30)29-9-4-5-10-29/h1-3,6-7,18,20H,4-5,8-17H2. The molecule has 168 valence electrons. The average molecular weight is 450 g/mol. The van der Waals surface area contributed by atoms with Crippen LogP contribution in [0, 0.1) is 0 Å². The molecule has 0 N–H and O–H groups in total. The summed E-state index contributed by atoms with van der Waals surface area (Å²) in [4.78, 5) is 19.0. The van der Waals surface area contributed by atoms with Crippen molar-refractivity contribution in [3.63, 3.8) is 0 Å². The molecule has 3 saturated heterocycles. The molecule has 0 amide bonds. The molecule has 7 heteroatoms. The van der Waals surface area contributed by atoms with Crippen LogP contribution < -0.4 is 4.90 Å². The maximum atomic E-state index is 5.53. The maximum absolute atomic E-state index is 5.53. The lowest BCUT2D eigenvalue weighted by atomic mass is 10.1. The first-order chi connectivity index (χ1) is 15.8. The number of likely N-dealkylation sites (tertiary alicyclic amines) is 1. The molecule has 1 atom stereocenters. The van der Waals surface area contributed by atoms with E-state index < -0.39 is 0 Å². The van der Waals surface area contributed by atoms with E-state index in [1.54, 1.807) is 11.3 Å². The van der Waals surface area contributed by atoms with Gasteiger partial charge in [-0.25, -0.2) is 9.97 Å². The maximum Gasteiger partial charge on any atom is 0.146 e. The van der Waals surface area contributed by atoms with Gasteiger partial charge in [0, 0.05) is 43.2 Å². The lowest BCUT2D eigenvalue weighted by Crippen LogP contribution is -2.36. The summed E-state index contributed by atoms with van der Waals surface area (Å²) in [7, 11) is 0. The number of nitrogens with zero attached hydrogens (tertiary/aromatic N) is 5. The minimum Gasteiger partial charge on any atom is -0.379 e. The summed E-state index contributed by atoms with van der Waals surface area (Å²) in [5.74, 6) is 2.08. The molecule has 6 nitrogen and oxygen atoms in total. The Morgan fingerprint density at radius 3 is 2.59 bits per heavy atom. The van der Waals surface area contributed by atoms with E-state index in [0.717, 1.165) is 62.4 Å². The summed E-state index contributed by atoms with van der Waals surface area (Å²) in [6.45, 7) is 8.98. The number of hydrogen-bond donors (Lipinski definition) is 0. The van der Waals surface area contributed by atoms with Crippen LogP contribution in [0.5, 0.6) is 0 Å². The highest BCUT2D eigenvalue weighted by atomic mass is 32.1. The van der Waals surface area contributed by atoms with Gasteiger partial charge in [0.25, 0.3) is 0 Å². The number of benzene rings is 1. The Balaban J connectivity index is 1.38. The minimum atomic E-state index is 0.656. The van der Waals surface area contributed by atoms with Crippen molar-refractivity contribution in [2.75, 3.05) is 57.4 Å². The zero-order chi connectivity index (χ0) is 21.3. The first-order valence-electron chi connectivity index (χ1n) is 12.0. The Labute approximate surface area is 193 Å². The summed E-state index contributed by atoms with van der Waals surface area (Å²) in [5.41, 5.74) is 2.52. The Morgan fingerprint density at radius 1 is 0.969 bits per heavy atom. The predicted octanol–water partition coefficient (Wildman–Crippen LogP) is 3.87. The molecule has 0 spiro atoms. The largest absolute Gasteiger partial charge is 0.379 e. The van der Waals surface area contributed by atoms with E-state index in [9.17, 15) is 0 Å². The molecule has 0 radical (unpaired) electrons. The monoisotopic (exact) mass is 449 g/mol. The first kappa shape index (κ1) is 20.5. The molecule has 1 unspecified atom stereocenters. The van der Waals surface area contributed by atoms with Gasteiger partial charge in [-0.2, -0.15) is 0 Å². The zero-order valence-corrected chi connectivity index (χ0v) is 19.4. The molecular formula is C25H31N5OS. The molecule has 3 fully saturated rings. The third-order valence-corrected chi connectivity index (χ3v) is 8.01. The van der Waals surface area contributed by atoms with Crippen molar-refractivity contribution < 1.29 is 4.74 Å². The Hall–Kier alpha value is -2.06. The average Bonchev–Trinajstić information content (AvgIpc) is 3.60. The van der Waals surface area contributed by atoms with Crippen LogP contribution >= 0.6 is 11.3 Å². The van der Waals surface area contributed by atoms with Crippen LogP contribution in [-0.2, 0) is 11.3 Å². The number of fused-ring (bicyclic) bond motifs is 1. The molecule has 1 aromatic carbocycles. The predicted molar refractivity (Wildman–Crippen MR) is 130 cm³/mol. The van der Waals surface area contributed by atoms with Gasteiger partial charge in [0.2, 0.25) is 0 Å².